The average molecular weight is 272 g/mol. The van der Waals surface area contributed by atoms with E-state index in [-0.39, 0.29) is 5.56 Å². The van der Waals surface area contributed by atoms with Crippen LogP contribution in [0.1, 0.15) is 37.0 Å². The molecule has 4 nitrogen and oxygen atoms in total. The highest BCUT2D eigenvalue weighted by molar-refractivity contribution is 6.31. The van der Waals surface area contributed by atoms with Crippen molar-refractivity contribution in [2.75, 3.05) is 11.9 Å². The quantitative estimate of drug-likeness (QED) is 0.744. The van der Waals surface area contributed by atoms with Crippen LogP contribution in [-0.4, -0.2) is 28.3 Å². The van der Waals surface area contributed by atoms with Gasteiger partial charge in [0.25, 0.3) is 0 Å². The van der Waals surface area contributed by atoms with Crippen LogP contribution in [0, 0.1) is 0 Å². The Bertz CT molecular complexity index is 430. The number of aromatic carboxylic acids is 1. The van der Waals surface area contributed by atoms with Crippen molar-refractivity contribution in [2.45, 2.75) is 32.3 Å². The Labute approximate surface area is 112 Å². The SMILES string of the molecule is CCC(O)(CC)CNc1ccc(Cl)cc1C(=O)O. The number of anilines is 1. The fourth-order valence-corrected chi connectivity index (χ4v) is 1.78. The first-order valence-corrected chi connectivity index (χ1v) is 6.28. The molecule has 0 aromatic heterocycles. The summed E-state index contributed by atoms with van der Waals surface area (Å²) in [7, 11) is 0. The van der Waals surface area contributed by atoms with E-state index in [0.717, 1.165) is 0 Å². The molecule has 18 heavy (non-hydrogen) atoms. The van der Waals surface area contributed by atoms with Crippen LogP contribution < -0.4 is 5.32 Å². The zero-order valence-electron chi connectivity index (χ0n) is 10.5. The summed E-state index contributed by atoms with van der Waals surface area (Å²) in [5.41, 5.74) is -0.251. The number of nitrogens with one attached hydrogen (secondary N) is 1. The van der Waals surface area contributed by atoms with E-state index in [1.807, 2.05) is 13.8 Å². The summed E-state index contributed by atoms with van der Waals surface area (Å²) in [6.45, 7) is 4.10. The Morgan fingerprint density at radius 1 is 1.39 bits per heavy atom. The molecule has 5 heteroatoms. The first kappa shape index (κ1) is 14.8. The molecule has 1 rings (SSSR count). The molecule has 0 saturated heterocycles. The highest BCUT2D eigenvalue weighted by atomic mass is 35.5. The van der Waals surface area contributed by atoms with Gasteiger partial charge in [-0.2, -0.15) is 0 Å². The molecule has 1 aromatic carbocycles. The summed E-state index contributed by atoms with van der Waals surface area (Å²) >= 11 is 5.77. The molecule has 0 unspecified atom stereocenters. The fraction of sp³-hybridized carbons (Fsp3) is 0.462. The predicted molar refractivity (Wildman–Crippen MR) is 72.4 cm³/mol. The maximum atomic E-state index is 11.1. The number of carbonyl (C=O) groups is 1. The van der Waals surface area contributed by atoms with Gasteiger partial charge in [0.2, 0.25) is 0 Å². The first-order valence-electron chi connectivity index (χ1n) is 5.91. The van der Waals surface area contributed by atoms with Crippen LogP contribution >= 0.6 is 11.6 Å². The zero-order chi connectivity index (χ0) is 13.8. The van der Waals surface area contributed by atoms with Crippen LogP contribution in [0.5, 0.6) is 0 Å². The smallest absolute Gasteiger partial charge is 0.337 e. The Morgan fingerprint density at radius 2 is 2.00 bits per heavy atom. The van der Waals surface area contributed by atoms with Crippen molar-refractivity contribution in [2.24, 2.45) is 0 Å². The van der Waals surface area contributed by atoms with E-state index in [9.17, 15) is 9.90 Å². The summed E-state index contributed by atoms with van der Waals surface area (Å²) in [5, 5.41) is 22.6. The Kier molecular flexibility index (Phi) is 4.99. The largest absolute Gasteiger partial charge is 0.478 e. The second-order valence-electron chi connectivity index (χ2n) is 4.28. The number of carboxylic acid groups (broad SMARTS) is 1. The molecule has 0 atom stereocenters. The Balaban J connectivity index is 2.88. The second-order valence-corrected chi connectivity index (χ2v) is 4.72. The number of benzene rings is 1. The molecule has 3 N–H and O–H groups in total. The van der Waals surface area contributed by atoms with E-state index >= 15 is 0 Å². The van der Waals surface area contributed by atoms with Crippen molar-refractivity contribution in [1.29, 1.82) is 0 Å². The van der Waals surface area contributed by atoms with Gasteiger partial charge in [-0.15, -0.1) is 0 Å². The second kappa shape index (κ2) is 6.07. The fourth-order valence-electron chi connectivity index (χ4n) is 1.61. The minimum Gasteiger partial charge on any atom is -0.478 e. The van der Waals surface area contributed by atoms with Gasteiger partial charge in [0, 0.05) is 17.3 Å². The highest BCUT2D eigenvalue weighted by Gasteiger charge is 2.22. The lowest BCUT2D eigenvalue weighted by molar-refractivity contribution is 0.0455. The molecule has 0 fully saturated rings. The minimum atomic E-state index is -1.04. The summed E-state index contributed by atoms with van der Waals surface area (Å²) in [6.07, 6.45) is 1.21. The predicted octanol–water partition coefficient (Wildman–Crippen LogP) is 3.00. The van der Waals surface area contributed by atoms with Gasteiger partial charge in [-0.3, -0.25) is 0 Å². The van der Waals surface area contributed by atoms with Crippen molar-refractivity contribution in [3.8, 4) is 0 Å². The number of rotatable bonds is 6. The van der Waals surface area contributed by atoms with Crippen LogP contribution in [0.3, 0.4) is 0 Å². The van der Waals surface area contributed by atoms with E-state index in [1.54, 1.807) is 12.1 Å². The van der Waals surface area contributed by atoms with Gasteiger partial charge >= 0.3 is 5.97 Å². The van der Waals surface area contributed by atoms with Gasteiger partial charge < -0.3 is 15.5 Å². The monoisotopic (exact) mass is 271 g/mol. The molecule has 0 aliphatic heterocycles. The van der Waals surface area contributed by atoms with Crippen LogP contribution in [0.25, 0.3) is 0 Å². The van der Waals surface area contributed by atoms with E-state index in [2.05, 4.69) is 5.32 Å². The third kappa shape index (κ3) is 3.62. The molecule has 0 radical (unpaired) electrons. The molecular formula is C13H18ClNO3. The van der Waals surface area contributed by atoms with Crippen molar-refractivity contribution in [3.05, 3.63) is 28.8 Å². The summed E-state index contributed by atoms with van der Waals surface area (Å²) in [6, 6.07) is 4.62. The van der Waals surface area contributed by atoms with Crippen molar-refractivity contribution < 1.29 is 15.0 Å². The van der Waals surface area contributed by atoms with Crippen LogP contribution in [-0.2, 0) is 0 Å². The Hall–Kier alpha value is -1.26. The van der Waals surface area contributed by atoms with Gasteiger partial charge in [0.1, 0.15) is 0 Å². The standard InChI is InChI=1S/C13H18ClNO3/c1-3-13(18,4-2)8-15-11-6-5-9(14)7-10(11)12(16)17/h5-7,15,18H,3-4,8H2,1-2H3,(H,16,17). The topological polar surface area (TPSA) is 69.6 Å². The molecule has 0 aliphatic rings. The molecule has 0 amide bonds. The molecule has 0 spiro atoms. The van der Waals surface area contributed by atoms with E-state index in [0.29, 0.717) is 30.1 Å². The molecular weight excluding hydrogens is 254 g/mol. The summed E-state index contributed by atoms with van der Waals surface area (Å²) in [4.78, 5) is 11.1. The lowest BCUT2D eigenvalue weighted by atomic mass is 9.97. The number of carboxylic acids is 1. The molecule has 1 aromatic rings. The van der Waals surface area contributed by atoms with Crippen LogP contribution in [0.2, 0.25) is 5.02 Å². The van der Waals surface area contributed by atoms with E-state index in [1.165, 1.54) is 6.07 Å². The normalized spacial score (nSPS) is 11.3. The summed E-state index contributed by atoms with van der Waals surface area (Å²) < 4.78 is 0. The van der Waals surface area contributed by atoms with Crippen LogP contribution in [0.4, 0.5) is 5.69 Å². The molecule has 0 aliphatic carbocycles. The molecule has 100 valence electrons. The number of hydrogen-bond donors (Lipinski definition) is 3. The lowest BCUT2D eigenvalue weighted by Crippen LogP contribution is -2.35. The third-order valence-corrected chi connectivity index (χ3v) is 3.37. The lowest BCUT2D eigenvalue weighted by Gasteiger charge is -2.26. The average Bonchev–Trinajstić information content (AvgIpc) is 2.36. The zero-order valence-corrected chi connectivity index (χ0v) is 11.3. The van der Waals surface area contributed by atoms with Gasteiger partial charge in [0.05, 0.1) is 11.2 Å². The molecule has 0 saturated carbocycles. The third-order valence-electron chi connectivity index (χ3n) is 3.14. The number of aliphatic hydroxyl groups is 1. The van der Waals surface area contributed by atoms with Crippen LogP contribution in [0.15, 0.2) is 18.2 Å². The number of hydrogen-bond acceptors (Lipinski definition) is 3. The highest BCUT2D eigenvalue weighted by Crippen LogP contribution is 2.22. The molecule has 0 bridgehead atoms. The van der Waals surface area contributed by atoms with Gasteiger partial charge in [-0.1, -0.05) is 25.4 Å². The van der Waals surface area contributed by atoms with Gasteiger partial charge in [-0.05, 0) is 31.0 Å². The minimum absolute atomic E-state index is 0.108. The molecule has 0 heterocycles. The number of halogens is 1. The first-order chi connectivity index (χ1) is 8.41. The van der Waals surface area contributed by atoms with Crippen molar-refractivity contribution in [3.63, 3.8) is 0 Å². The maximum absolute atomic E-state index is 11.1. The van der Waals surface area contributed by atoms with Crippen molar-refractivity contribution >= 4 is 23.3 Å². The van der Waals surface area contributed by atoms with Crippen molar-refractivity contribution in [1.82, 2.24) is 0 Å². The van der Waals surface area contributed by atoms with E-state index in [4.69, 9.17) is 16.7 Å². The maximum Gasteiger partial charge on any atom is 0.337 e. The Morgan fingerprint density at radius 3 is 2.50 bits per heavy atom. The van der Waals surface area contributed by atoms with Gasteiger partial charge in [0.15, 0.2) is 0 Å². The van der Waals surface area contributed by atoms with E-state index < -0.39 is 11.6 Å². The van der Waals surface area contributed by atoms with Gasteiger partial charge in [-0.25, -0.2) is 4.79 Å². The summed E-state index contributed by atoms with van der Waals surface area (Å²) in [5.74, 6) is -1.04.